The van der Waals surface area contributed by atoms with Gasteiger partial charge >= 0.3 is 5.97 Å². The third-order valence-electron chi connectivity index (χ3n) is 3.14. The van der Waals surface area contributed by atoms with Gasteiger partial charge in [0, 0.05) is 19.3 Å². The van der Waals surface area contributed by atoms with Crippen LogP contribution >= 0.6 is 0 Å². The largest absolute Gasteiger partial charge is 0.481 e. The second-order valence-corrected chi connectivity index (χ2v) is 5.46. The fourth-order valence-corrected chi connectivity index (χ4v) is 2.20. The summed E-state index contributed by atoms with van der Waals surface area (Å²) in [5, 5.41) is 11.9. The number of hydrogen-bond acceptors (Lipinski definition) is 2. The van der Waals surface area contributed by atoms with E-state index in [0.29, 0.717) is 12.1 Å². The minimum Gasteiger partial charge on any atom is -0.481 e. The Labute approximate surface area is 120 Å². The molecule has 112 valence electrons. The van der Waals surface area contributed by atoms with E-state index in [0.717, 1.165) is 13.0 Å². The van der Waals surface area contributed by atoms with Gasteiger partial charge in [0.25, 0.3) is 5.91 Å². The number of carboxylic acid groups (broad SMARTS) is 1. The number of aryl methyl sites for hydroxylation is 1. The maximum atomic E-state index is 12.1. The molecule has 1 rings (SSSR count). The SMILES string of the molecule is CCCn1cccc1C(=O)NCC(CC(C)C)C(=O)O. The standard InChI is InChI=1S/C15H24N2O3/c1-4-7-17-8-5-6-13(17)14(18)16-10-12(15(19)20)9-11(2)3/h5-6,8,11-12H,4,7,9-10H2,1-3H3,(H,16,18)(H,19,20). The van der Waals surface area contributed by atoms with Crippen LogP contribution in [0.3, 0.4) is 0 Å². The Bertz CT molecular complexity index is 452. The highest BCUT2D eigenvalue weighted by Gasteiger charge is 2.20. The summed E-state index contributed by atoms with van der Waals surface area (Å²) >= 11 is 0. The van der Waals surface area contributed by atoms with Gasteiger partial charge in [-0.05, 0) is 30.9 Å². The molecule has 1 amide bonds. The van der Waals surface area contributed by atoms with E-state index in [1.807, 2.05) is 37.6 Å². The Kier molecular flexibility index (Phi) is 6.28. The summed E-state index contributed by atoms with van der Waals surface area (Å²) in [6.07, 6.45) is 3.37. The average molecular weight is 280 g/mol. The summed E-state index contributed by atoms with van der Waals surface area (Å²) in [5.74, 6) is -1.31. The topological polar surface area (TPSA) is 71.3 Å². The number of aromatic nitrogens is 1. The second kappa shape index (κ2) is 7.72. The predicted molar refractivity (Wildman–Crippen MR) is 77.6 cm³/mol. The van der Waals surface area contributed by atoms with E-state index in [-0.39, 0.29) is 18.4 Å². The van der Waals surface area contributed by atoms with Gasteiger partial charge in [-0.15, -0.1) is 0 Å². The number of carboxylic acids is 1. The number of hydrogen-bond donors (Lipinski definition) is 2. The number of nitrogens with zero attached hydrogens (tertiary/aromatic N) is 1. The van der Waals surface area contributed by atoms with Gasteiger partial charge < -0.3 is 15.0 Å². The first-order valence-corrected chi connectivity index (χ1v) is 7.11. The zero-order chi connectivity index (χ0) is 15.1. The summed E-state index contributed by atoms with van der Waals surface area (Å²) in [6, 6.07) is 3.58. The molecule has 0 saturated carbocycles. The molecule has 5 nitrogen and oxygen atoms in total. The maximum absolute atomic E-state index is 12.1. The van der Waals surface area contributed by atoms with Gasteiger partial charge in [-0.1, -0.05) is 20.8 Å². The summed E-state index contributed by atoms with van der Waals surface area (Å²) in [7, 11) is 0. The van der Waals surface area contributed by atoms with Crippen molar-refractivity contribution in [1.82, 2.24) is 9.88 Å². The minimum absolute atomic E-state index is 0.170. The first-order chi connectivity index (χ1) is 9.45. The Balaban J connectivity index is 2.61. The minimum atomic E-state index is -0.858. The summed E-state index contributed by atoms with van der Waals surface area (Å²) < 4.78 is 1.88. The number of carbonyl (C=O) groups excluding carboxylic acids is 1. The lowest BCUT2D eigenvalue weighted by Gasteiger charge is -2.16. The first-order valence-electron chi connectivity index (χ1n) is 7.11. The third kappa shape index (κ3) is 4.72. The van der Waals surface area contributed by atoms with E-state index in [2.05, 4.69) is 5.32 Å². The Morgan fingerprint density at radius 1 is 1.40 bits per heavy atom. The maximum Gasteiger partial charge on any atom is 0.308 e. The summed E-state index contributed by atoms with van der Waals surface area (Å²) in [4.78, 5) is 23.2. The molecule has 0 radical (unpaired) electrons. The van der Waals surface area contributed by atoms with Crippen LogP contribution in [0.2, 0.25) is 0 Å². The van der Waals surface area contributed by atoms with Crippen LogP contribution in [0.5, 0.6) is 0 Å². The van der Waals surface area contributed by atoms with Crippen molar-refractivity contribution in [2.45, 2.75) is 40.2 Å². The molecule has 0 aromatic carbocycles. The highest BCUT2D eigenvalue weighted by molar-refractivity contribution is 5.93. The number of aliphatic carboxylic acids is 1. The summed E-state index contributed by atoms with van der Waals surface area (Å²) in [6.45, 7) is 6.95. The van der Waals surface area contributed by atoms with Crippen molar-refractivity contribution in [2.75, 3.05) is 6.54 Å². The van der Waals surface area contributed by atoms with Crippen LogP contribution < -0.4 is 5.32 Å². The zero-order valence-corrected chi connectivity index (χ0v) is 12.4. The van der Waals surface area contributed by atoms with E-state index in [9.17, 15) is 9.59 Å². The van der Waals surface area contributed by atoms with Gasteiger partial charge in [-0.3, -0.25) is 9.59 Å². The number of amides is 1. The number of rotatable bonds is 8. The fourth-order valence-electron chi connectivity index (χ4n) is 2.20. The highest BCUT2D eigenvalue weighted by Crippen LogP contribution is 2.11. The third-order valence-corrected chi connectivity index (χ3v) is 3.14. The molecule has 0 bridgehead atoms. The molecule has 0 spiro atoms. The van der Waals surface area contributed by atoms with Crippen molar-refractivity contribution in [2.24, 2.45) is 11.8 Å². The van der Waals surface area contributed by atoms with E-state index < -0.39 is 11.9 Å². The molecule has 1 unspecified atom stereocenters. The van der Waals surface area contributed by atoms with Gasteiger partial charge in [0.2, 0.25) is 0 Å². The molecular formula is C15H24N2O3. The van der Waals surface area contributed by atoms with Gasteiger partial charge in [0.05, 0.1) is 5.92 Å². The summed E-state index contributed by atoms with van der Waals surface area (Å²) in [5.41, 5.74) is 0.584. The van der Waals surface area contributed by atoms with Crippen LogP contribution in [0.25, 0.3) is 0 Å². The van der Waals surface area contributed by atoms with E-state index >= 15 is 0 Å². The monoisotopic (exact) mass is 280 g/mol. The Morgan fingerprint density at radius 3 is 2.65 bits per heavy atom. The van der Waals surface area contributed by atoms with Crippen molar-refractivity contribution in [3.63, 3.8) is 0 Å². The van der Waals surface area contributed by atoms with Crippen LogP contribution in [-0.2, 0) is 11.3 Å². The second-order valence-electron chi connectivity index (χ2n) is 5.46. The molecule has 0 aliphatic heterocycles. The zero-order valence-electron chi connectivity index (χ0n) is 12.4. The fraction of sp³-hybridized carbons (Fsp3) is 0.600. The molecule has 5 heteroatoms. The quantitative estimate of drug-likeness (QED) is 0.768. The van der Waals surface area contributed by atoms with Crippen LogP contribution in [-0.4, -0.2) is 28.1 Å². The van der Waals surface area contributed by atoms with Gasteiger partial charge in [-0.2, -0.15) is 0 Å². The van der Waals surface area contributed by atoms with Crippen molar-refractivity contribution >= 4 is 11.9 Å². The highest BCUT2D eigenvalue weighted by atomic mass is 16.4. The molecule has 1 heterocycles. The molecule has 0 aliphatic rings. The molecule has 1 aromatic rings. The normalized spacial score (nSPS) is 12.4. The van der Waals surface area contributed by atoms with Gasteiger partial charge in [0.15, 0.2) is 0 Å². The van der Waals surface area contributed by atoms with Crippen LogP contribution in [0, 0.1) is 11.8 Å². The van der Waals surface area contributed by atoms with Gasteiger partial charge in [-0.25, -0.2) is 0 Å². The molecule has 0 fully saturated rings. The van der Waals surface area contributed by atoms with Crippen molar-refractivity contribution in [3.05, 3.63) is 24.0 Å². The number of nitrogens with one attached hydrogen (secondary N) is 1. The number of carbonyl (C=O) groups is 2. The van der Waals surface area contributed by atoms with Crippen molar-refractivity contribution in [1.29, 1.82) is 0 Å². The lowest BCUT2D eigenvalue weighted by atomic mass is 9.97. The lowest BCUT2D eigenvalue weighted by molar-refractivity contribution is -0.142. The lowest BCUT2D eigenvalue weighted by Crippen LogP contribution is -2.34. The van der Waals surface area contributed by atoms with E-state index in [1.165, 1.54) is 0 Å². The molecule has 20 heavy (non-hydrogen) atoms. The molecule has 1 atom stereocenters. The average Bonchev–Trinajstić information content (AvgIpc) is 2.82. The molecular weight excluding hydrogens is 256 g/mol. The Hall–Kier alpha value is -1.78. The molecule has 0 aliphatic carbocycles. The van der Waals surface area contributed by atoms with Gasteiger partial charge in [0.1, 0.15) is 5.69 Å². The van der Waals surface area contributed by atoms with Crippen LogP contribution in [0.15, 0.2) is 18.3 Å². The van der Waals surface area contributed by atoms with Crippen molar-refractivity contribution in [3.8, 4) is 0 Å². The molecule has 0 saturated heterocycles. The Morgan fingerprint density at radius 2 is 2.10 bits per heavy atom. The molecule has 2 N–H and O–H groups in total. The van der Waals surface area contributed by atoms with Crippen LogP contribution in [0.1, 0.15) is 44.1 Å². The predicted octanol–water partition coefficient (Wildman–Crippen LogP) is 2.37. The first kappa shape index (κ1) is 16.3. The van der Waals surface area contributed by atoms with Crippen molar-refractivity contribution < 1.29 is 14.7 Å². The smallest absolute Gasteiger partial charge is 0.308 e. The van der Waals surface area contributed by atoms with E-state index in [1.54, 1.807) is 6.07 Å². The van der Waals surface area contributed by atoms with Crippen LogP contribution in [0.4, 0.5) is 0 Å². The molecule has 1 aromatic heterocycles. The van der Waals surface area contributed by atoms with E-state index in [4.69, 9.17) is 5.11 Å².